The summed E-state index contributed by atoms with van der Waals surface area (Å²) in [5.41, 5.74) is 0.540. The zero-order chi connectivity index (χ0) is 10.2. The maximum Gasteiger partial charge on any atom is 0.183 e. The van der Waals surface area contributed by atoms with Crippen molar-refractivity contribution in [3.63, 3.8) is 0 Å². The van der Waals surface area contributed by atoms with Crippen LogP contribution in [0.5, 0.6) is 0 Å². The largest absolute Gasteiger partial charge is 0.387 e. The van der Waals surface area contributed by atoms with Crippen LogP contribution in [0.1, 0.15) is 19.0 Å². The Morgan fingerprint density at radius 1 is 1.71 bits per heavy atom. The van der Waals surface area contributed by atoms with Gasteiger partial charge in [-0.3, -0.25) is 4.90 Å². The third kappa shape index (κ3) is 2.08. The van der Waals surface area contributed by atoms with E-state index in [9.17, 15) is 5.11 Å². The van der Waals surface area contributed by atoms with Crippen molar-refractivity contribution in [2.45, 2.75) is 25.5 Å². The molecule has 0 aliphatic carbocycles. The Balaban J connectivity index is 1.85. The van der Waals surface area contributed by atoms with Crippen molar-refractivity contribution in [3.05, 3.63) is 15.5 Å². The number of β-amino-alcohol motifs (C(OH)–C–C–N with tert-alkyl or cyclic N) is 1. The highest BCUT2D eigenvalue weighted by Crippen LogP contribution is 2.26. The Bertz CT molecular complexity index is 322. The summed E-state index contributed by atoms with van der Waals surface area (Å²) < 4.78 is 0.589. The second-order valence-electron chi connectivity index (χ2n) is 3.81. The van der Waals surface area contributed by atoms with E-state index in [1.54, 1.807) is 0 Å². The van der Waals surface area contributed by atoms with Gasteiger partial charge in [0.1, 0.15) is 0 Å². The lowest BCUT2D eigenvalue weighted by atomic mass is 9.91. The van der Waals surface area contributed by atoms with E-state index < -0.39 is 5.60 Å². The van der Waals surface area contributed by atoms with Crippen LogP contribution < -0.4 is 0 Å². The molecule has 0 atom stereocenters. The van der Waals surface area contributed by atoms with Gasteiger partial charge >= 0.3 is 0 Å². The van der Waals surface area contributed by atoms with E-state index >= 15 is 0 Å². The van der Waals surface area contributed by atoms with Gasteiger partial charge in [-0.2, -0.15) is 0 Å². The number of rotatable bonds is 3. The van der Waals surface area contributed by atoms with Gasteiger partial charge in [0.05, 0.1) is 11.3 Å². The topological polar surface area (TPSA) is 36.4 Å². The normalized spacial score (nSPS) is 20.8. The quantitative estimate of drug-likeness (QED) is 0.863. The number of hydrogen-bond acceptors (Lipinski definition) is 4. The maximum atomic E-state index is 9.79. The van der Waals surface area contributed by atoms with Gasteiger partial charge in [0.2, 0.25) is 0 Å². The first kappa shape index (κ1) is 10.4. The summed E-state index contributed by atoms with van der Waals surface area (Å²) >= 11 is 7.18. The van der Waals surface area contributed by atoms with Gasteiger partial charge < -0.3 is 5.11 Å². The second kappa shape index (κ2) is 3.77. The molecule has 0 saturated carbocycles. The Labute approximate surface area is 92.3 Å². The molecule has 1 aliphatic heterocycles. The Morgan fingerprint density at radius 3 is 2.93 bits per heavy atom. The lowest BCUT2D eigenvalue weighted by Crippen LogP contribution is -2.60. The molecule has 1 aromatic heterocycles. The van der Waals surface area contributed by atoms with Gasteiger partial charge in [-0.1, -0.05) is 18.5 Å². The summed E-state index contributed by atoms with van der Waals surface area (Å²) in [4.78, 5) is 6.34. The van der Waals surface area contributed by atoms with Gasteiger partial charge in [-0.15, -0.1) is 11.3 Å². The SMILES string of the molecule is CCC1(O)CN(Cc2csc(Cl)n2)C1. The van der Waals surface area contributed by atoms with Gasteiger partial charge in [-0.05, 0) is 6.42 Å². The molecule has 1 aliphatic rings. The fourth-order valence-corrected chi connectivity index (χ4v) is 2.48. The summed E-state index contributed by atoms with van der Waals surface area (Å²) in [6.07, 6.45) is 0.821. The van der Waals surface area contributed by atoms with Crippen LogP contribution in [0.2, 0.25) is 4.47 Å². The van der Waals surface area contributed by atoms with Crippen molar-refractivity contribution in [1.82, 2.24) is 9.88 Å². The third-order valence-corrected chi connectivity index (χ3v) is 3.63. The number of aliphatic hydroxyl groups is 1. The summed E-state index contributed by atoms with van der Waals surface area (Å²) in [6.45, 7) is 4.31. The molecular formula is C9H13ClN2OS. The van der Waals surface area contributed by atoms with Crippen LogP contribution in [0.3, 0.4) is 0 Å². The number of nitrogens with zero attached hydrogens (tertiary/aromatic N) is 2. The summed E-state index contributed by atoms with van der Waals surface area (Å²) in [6, 6.07) is 0. The fourth-order valence-electron chi connectivity index (χ4n) is 1.71. The number of likely N-dealkylation sites (tertiary alicyclic amines) is 1. The first-order valence-corrected chi connectivity index (χ1v) is 5.92. The molecule has 0 unspecified atom stereocenters. The van der Waals surface area contributed by atoms with Gasteiger partial charge in [0, 0.05) is 25.0 Å². The minimum atomic E-state index is -0.459. The first-order chi connectivity index (χ1) is 6.61. The lowest BCUT2D eigenvalue weighted by molar-refractivity contribution is -0.103. The molecular weight excluding hydrogens is 220 g/mol. The van der Waals surface area contributed by atoms with E-state index in [4.69, 9.17) is 11.6 Å². The lowest BCUT2D eigenvalue weighted by Gasteiger charge is -2.45. The molecule has 0 spiro atoms. The number of hydrogen-bond donors (Lipinski definition) is 1. The molecule has 0 radical (unpaired) electrons. The number of aromatic nitrogens is 1. The summed E-state index contributed by atoms with van der Waals surface area (Å²) in [5.74, 6) is 0. The molecule has 1 aromatic rings. The highest BCUT2D eigenvalue weighted by Gasteiger charge is 2.39. The van der Waals surface area contributed by atoms with E-state index in [2.05, 4.69) is 9.88 Å². The average Bonchev–Trinajstić information content (AvgIpc) is 2.48. The van der Waals surface area contributed by atoms with E-state index in [-0.39, 0.29) is 0 Å². The molecule has 1 N–H and O–H groups in total. The van der Waals surface area contributed by atoms with Crippen molar-refractivity contribution in [1.29, 1.82) is 0 Å². The molecule has 1 saturated heterocycles. The molecule has 78 valence electrons. The Morgan fingerprint density at radius 2 is 2.43 bits per heavy atom. The van der Waals surface area contributed by atoms with E-state index in [0.717, 1.165) is 31.7 Å². The first-order valence-electron chi connectivity index (χ1n) is 4.66. The molecule has 0 aromatic carbocycles. The van der Waals surface area contributed by atoms with Crippen molar-refractivity contribution >= 4 is 22.9 Å². The average molecular weight is 233 g/mol. The van der Waals surface area contributed by atoms with Crippen molar-refractivity contribution in [2.75, 3.05) is 13.1 Å². The van der Waals surface area contributed by atoms with Crippen LogP contribution in [0.4, 0.5) is 0 Å². The second-order valence-corrected chi connectivity index (χ2v) is 5.26. The zero-order valence-corrected chi connectivity index (χ0v) is 9.61. The molecule has 5 heteroatoms. The maximum absolute atomic E-state index is 9.79. The smallest absolute Gasteiger partial charge is 0.183 e. The number of thiazole rings is 1. The van der Waals surface area contributed by atoms with Crippen molar-refractivity contribution in [2.24, 2.45) is 0 Å². The molecule has 0 bridgehead atoms. The molecule has 14 heavy (non-hydrogen) atoms. The minimum absolute atomic E-state index is 0.459. The van der Waals surface area contributed by atoms with Gasteiger partial charge in [0.25, 0.3) is 0 Å². The Hall–Kier alpha value is -0.160. The molecule has 2 rings (SSSR count). The van der Waals surface area contributed by atoms with E-state index in [0.29, 0.717) is 4.47 Å². The van der Waals surface area contributed by atoms with E-state index in [1.165, 1.54) is 11.3 Å². The van der Waals surface area contributed by atoms with E-state index in [1.807, 2.05) is 12.3 Å². The van der Waals surface area contributed by atoms with Crippen LogP contribution in [0.15, 0.2) is 5.38 Å². The van der Waals surface area contributed by atoms with Crippen LogP contribution in [-0.2, 0) is 6.54 Å². The van der Waals surface area contributed by atoms with Gasteiger partial charge in [0.15, 0.2) is 4.47 Å². The highest BCUT2D eigenvalue weighted by atomic mass is 35.5. The summed E-state index contributed by atoms with van der Waals surface area (Å²) in [5, 5.41) is 11.8. The molecule has 3 nitrogen and oxygen atoms in total. The predicted octanol–water partition coefficient (Wildman–Crippen LogP) is 1.75. The van der Waals surface area contributed by atoms with Crippen LogP contribution in [-0.4, -0.2) is 33.7 Å². The van der Waals surface area contributed by atoms with Crippen molar-refractivity contribution < 1.29 is 5.11 Å². The van der Waals surface area contributed by atoms with Crippen molar-refractivity contribution in [3.8, 4) is 0 Å². The fraction of sp³-hybridized carbons (Fsp3) is 0.667. The highest BCUT2D eigenvalue weighted by molar-refractivity contribution is 7.13. The predicted molar refractivity (Wildman–Crippen MR) is 57.6 cm³/mol. The molecule has 2 heterocycles. The van der Waals surface area contributed by atoms with Crippen LogP contribution in [0, 0.1) is 0 Å². The zero-order valence-electron chi connectivity index (χ0n) is 8.03. The monoisotopic (exact) mass is 232 g/mol. The molecule has 0 amide bonds. The number of halogens is 1. The Kier molecular flexibility index (Phi) is 2.79. The summed E-state index contributed by atoms with van der Waals surface area (Å²) in [7, 11) is 0. The van der Waals surface area contributed by atoms with Crippen LogP contribution >= 0.6 is 22.9 Å². The minimum Gasteiger partial charge on any atom is -0.387 e. The molecule has 1 fully saturated rings. The standard InChI is InChI=1S/C9H13ClN2OS/c1-2-9(13)5-12(6-9)3-7-4-14-8(10)11-7/h4,13H,2-3,5-6H2,1H3. The third-order valence-electron chi connectivity index (χ3n) is 2.60. The van der Waals surface area contributed by atoms with Gasteiger partial charge in [-0.25, -0.2) is 4.98 Å². The van der Waals surface area contributed by atoms with Crippen LogP contribution in [0.25, 0.3) is 0 Å².